The van der Waals surface area contributed by atoms with Crippen LogP contribution in [0.1, 0.15) is 0 Å². The van der Waals surface area contributed by atoms with Gasteiger partial charge in [-0.05, 0) is 71.4 Å². The smallest absolute Gasteiger partial charge is 0.163 e. The van der Waals surface area contributed by atoms with Crippen LogP contribution >= 0.6 is 0 Å². The van der Waals surface area contributed by atoms with Gasteiger partial charge in [0.25, 0.3) is 0 Å². The van der Waals surface area contributed by atoms with Crippen molar-refractivity contribution in [2.45, 2.75) is 0 Å². The fourth-order valence-corrected chi connectivity index (χ4v) is 8.84. The minimum atomic E-state index is 0.751. The molecule has 6 heterocycles. The van der Waals surface area contributed by atoms with Gasteiger partial charge in [0.15, 0.2) is 11.3 Å². The lowest BCUT2D eigenvalue weighted by Crippen LogP contribution is -2.24. The summed E-state index contributed by atoms with van der Waals surface area (Å²) < 4.78 is 4.41. The Bertz CT molecular complexity index is 3220. The minimum Gasteiger partial charge on any atom is -0.341 e. The van der Waals surface area contributed by atoms with Crippen molar-refractivity contribution in [3.8, 4) is 34.2 Å². The number of pyridine rings is 1. The number of hydrogen-bond donors (Lipinski definition) is 0. The van der Waals surface area contributed by atoms with Crippen molar-refractivity contribution in [3.63, 3.8) is 0 Å². The molecule has 0 spiro atoms. The highest BCUT2D eigenvalue weighted by atomic mass is 15.3. The number of para-hydroxylation sites is 4. The maximum atomic E-state index is 5.63. The van der Waals surface area contributed by atoms with Gasteiger partial charge >= 0.3 is 0 Å². The van der Waals surface area contributed by atoms with Crippen LogP contribution in [-0.4, -0.2) is 41.1 Å². The van der Waals surface area contributed by atoms with E-state index in [-0.39, 0.29) is 0 Å². The second kappa shape index (κ2) is 12.9. The summed E-state index contributed by atoms with van der Waals surface area (Å²) in [5, 5.41) is 4.47. The van der Waals surface area contributed by atoms with Crippen LogP contribution in [0.2, 0.25) is 0 Å². The molecule has 0 fully saturated rings. The molecule has 0 aliphatic carbocycles. The van der Waals surface area contributed by atoms with E-state index in [0.29, 0.717) is 0 Å². The SMILES string of the molecule is CN1c2ccccc2N(c2cc(-c3cc4nccnc4n3-c3cccc4ccccc34)nc(-c3cc4nccnc4n3-c3cccc4ccccc34)c2)c2ccccc21. The first-order valence-electron chi connectivity index (χ1n) is 19.6. The Morgan fingerprint density at radius 1 is 0.390 bits per heavy atom. The Hall–Kier alpha value is -8.17. The largest absolute Gasteiger partial charge is 0.341 e. The Morgan fingerprint density at radius 2 is 0.797 bits per heavy atom. The molecule has 0 N–H and O–H groups in total. The van der Waals surface area contributed by atoms with Gasteiger partial charge in [-0.1, -0.05) is 97.1 Å². The number of benzene rings is 6. The third-order valence-corrected chi connectivity index (χ3v) is 11.4. The van der Waals surface area contributed by atoms with Crippen molar-refractivity contribution < 1.29 is 0 Å². The fourth-order valence-electron chi connectivity index (χ4n) is 8.84. The van der Waals surface area contributed by atoms with Crippen molar-refractivity contribution in [2.24, 2.45) is 0 Å². The minimum absolute atomic E-state index is 0.751. The van der Waals surface area contributed by atoms with E-state index in [4.69, 9.17) is 24.9 Å². The number of rotatable bonds is 5. The summed E-state index contributed by atoms with van der Waals surface area (Å²) >= 11 is 0. The summed E-state index contributed by atoms with van der Waals surface area (Å²) in [6.07, 6.45) is 7.00. The van der Waals surface area contributed by atoms with E-state index in [0.717, 1.165) is 106 Å². The molecule has 278 valence electrons. The number of fused-ring (bicyclic) bond motifs is 6. The first-order chi connectivity index (χ1) is 29.2. The molecule has 0 atom stereocenters. The lowest BCUT2D eigenvalue weighted by Gasteiger charge is -2.38. The van der Waals surface area contributed by atoms with Crippen molar-refractivity contribution in [2.75, 3.05) is 16.8 Å². The van der Waals surface area contributed by atoms with Gasteiger partial charge in [0.05, 0.1) is 62.6 Å². The van der Waals surface area contributed by atoms with Gasteiger partial charge in [-0.2, -0.15) is 0 Å². The molecule has 0 saturated carbocycles. The highest BCUT2D eigenvalue weighted by Gasteiger charge is 2.29. The molecule has 0 radical (unpaired) electrons. The standard InChI is InChI=1S/C50H33N9/c1-56-43-18-6-8-20-45(43)57(46-21-9-7-19-44(46)56)34-28-37(47-30-39-49(53-26-24-51-39)58(47)41-22-10-14-32-12-2-4-16-35(32)41)55-38(29-34)48-31-40-50(54-27-25-52-40)59(48)42-23-11-15-33-13-3-5-17-36(33)42/h2-31H,1H3. The Balaban J connectivity index is 1.20. The summed E-state index contributed by atoms with van der Waals surface area (Å²) in [6, 6.07) is 55.4. The van der Waals surface area contributed by atoms with E-state index in [9.17, 15) is 0 Å². The lowest BCUT2D eigenvalue weighted by molar-refractivity contribution is 1.07. The van der Waals surface area contributed by atoms with Crippen LogP contribution in [0.25, 0.3) is 78.0 Å². The highest BCUT2D eigenvalue weighted by molar-refractivity contribution is 6.00. The highest BCUT2D eigenvalue weighted by Crippen LogP contribution is 2.51. The molecular formula is C50H33N9. The molecule has 9 nitrogen and oxygen atoms in total. The number of nitrogens with zero attached hydrogens (tertiary/aromatic N) is 9. The Morgan fingerprint density at radius 3 is 1.31 bits per heavy atom. The van der Waals surface area contributed by atoms with Crippen LogP contribution in [0.3, 0.4) is 0 Å². The topological polar surface area (TPSA) is 80.8 Å². The van der Waals surface area contributed by atoms with E-state index < -0.39 is 0 Å². The summed E-state index contributed by atoms with van der Waals surface area (Å²) in [5.74, 6) is 0. The van der Waals surface area contributed by atoms with Crippen LogP contribution in [0, 0.1) is 0 Å². The maximum Gasteiger partial charge on any atom is 0.163 e. The molecule has 6 aromatic carbocycles. The van der Waals surface area contributed by atoms with E-state index in [1.54, 1.807) is 24.8 Å². The Kier molecular flexibility index (Phi) is 7.24. The molecular weight excluding hydrogens is 727 g/mol. The zero-order chi connectivity index (χ0) is 39.0. The lowest BCUT2D eigenvalue weighted by atomic mass is 10.1. The van der Waals surface area contributed by atoms with E-state index in [2.05, 4.69) is 184 Å². The van der Waals surface area contributed by atoms with Gasteiger partial charge in [0.2, 0.25) is 0 Å². The maximum absolute atomic E-state index is 5.63. The van der Waals surface area contributed by atoms with Gasteiger partial charge < -0.3 is 9.80 Å². The average molecular weight is 760 g/mol. The Labute approximate surface area is 338 Å². The van der Waals surface area contributed by atoms with Crippen LogP contribution in [0.15, 0.2) is 183 Å². The summed E-state index contributed by atoms with van der Waals surface area (Å²) in [5.41, 5.74) is 13.6. The molecule has 11 aromatic rings. The summed E-state index contributed by atoms with van der Waals surface area (Å²) in [4.78, 5) is 29.7. The predicted octanol–water partition coefficient (Wildman–Crippen LogP) is 11.7. The van der Waals surface area contributed by atoms with Gasteiger partial charge in [0, 0.05) is 42.6 Å². The van der Waals surface area contributed by atoms with Crippen molar-refractivity contribution in [1.29, 1.82) is 0 Å². The third-order valence-electron chi connectivity index (χ3n) is 11.4. The molecule has 0 saturated heterocycles. The predicted molar refractivity (Wildman–Crippen MR) is 238 cm³/mol. The van der Waals surface area contributed by atoms with Crippen molar-refractivity contribution >= 4 is 72.3 Å². The van der Waals surface area contributed by atoms with Crippen molar-refractivity contribution in [3.05, 3.63) is 183 Å². The van der Waals surface area contributed by atoms with Gasteiger partial charge in [-0.15, -0.1) is 0 Å². The number of anilines is 5. The van der Waals surface area contributed by atoms with Gasteiger partial charge in [-0.3, -0.25) is 19.1 Å². The number of hydrogen-bond acceptors (Lipinski definition) is 7. The first kappa shape index (κ1) is 33.0. The summed E-state index contributed by atoms with van der Waals surface area (Å²) in [7, 11) is 2.13. The second-order valence-corrected chi connectivity index (χ2v) is 14.7. The second-order valence-electron chi connectivity index (χ2n) is 14.7. The molecule has 9 heteroatoms. The molecule has 0 amide bonds. The first-order valence-corrected chi connectivity index (χ1v) is 19.6. The zero-order valence-electron chi connectivity index (χ0n) is 31.8. The monoisotopic (exact) mass is 759 g/mol. The fraction of sp³-hybridized carbons (Fsp3) is 0.0200. The normalized spacial score (nSPS) is 12.4. The van der Waals surface area contributed by atoms with Crippen molar-refractivity contribution in [1.82, 2.24) is 34.1 Å². The third kappa shape index (κ3) is 5.08. The van der Waals surface area contributed by atoms with E-state index in [1.165, 1.54) is 0 Å². The van der Waals surface area contributed by atoms with Crippen LogP contribution < -0.4 is 9.80 Å². The van der Waals surface area contributed by atoms with E-state index in [1.807, 2.05) is 0 Å². The quantitative estimate of drug-likeness (QED) is 0.173. The molecule has 59 heavy (non-hydrogen) atoms. The van der Waals surface area contributed by atoms with Crippen LogP contribution in [-0.2, 0) is 0 Å². The molecule has 0 bridgehead atoms. The molecule has 12 rings (SSSR count). The number of aromatic nitrogens is 7. The molecule has 1 aliphatic rings. The molecule has 1 aliphatic heterocycles. The molecule has 0 unspecified atom stereocenters. The van der Waals surface area contributed by atoms with Crippen LogP contribution in [0.4, 0.5) is 28.4 Å². The summed E-state index contributed by atoms with van der Waals surface area (Å²) in [6.45, 7) is 0. The van der Waals surface area contributed by atoms with Gasteiger partial charge in [0.1, 0.15) is 11.0 Å². The van der Waals surface area contributed by atoms with Gasteiger partial charge in [-0.25, -0.2) is 15.0 Å². The van der Waals surface area contributed by atoms with Crippen LogP contribution in [0.5, 0.6) is 0 Å². The average Bonchev–Trinajstić information content (AvgIpc) is 3.88. The zero-order valence-corrected chi connectivity index (χ0v) is 31.8. The molecule has 5 aromatic heterocycles. The van der Waals surface area contributed by atoms with E-state index >= 15 is 0 Å².